The highest BCUT2D eigenvalue weighted by Crippen LogP contribution is 2.15. The Kier molecular flexibility index (Phi) is 3.83. The van der Waals surface area contributed by atoms with Crippen molar-refractivity contribution in [2.75, 3.05) is 0 Å². The number of ketones is 1. The fourth-order valence-corrected chi connectivity index (χ4v) is 2.36. The van der Waals surface area contributed by atoms with Crippen molar-refractivity contribution in [3.8, 4) is 0 Å². The van der Waals surface area contributed by atoms with Crippen LogP contribution in [0.25, 0.3) is 0 Å². The van der Waals surface area contributed by atoms with E-state index in [4.69, 9.17) is 0 Å². The van der Waals surface area contributed by atoms with Gasteiger partial charge in [-0.3, -0.25) is 14.2 Å². The predicted octanol–water partition coefficient (Wildman–Crippen LogP) is 2.07. The fourth-order valence-electron chi connectivity index (χ4n) is 2.36. The first-order chi connectivity index (χ1) is 9.04. The molecule has 0 saturated carbocycles. The van der Waals surface area contributed by atoms with Gasteiger partial charge in [0.05, 0.1) is 11.3 Å². The van der Waals surface area contributed by atoms with Crippen LogP contribution in [0.15, 0.2) is 12.3 Å². The lowest BCUT2D eigenvalue weighted by molar-refractivity contribution is 0.0987. The molecule has 5 nitrogen and oxygen atoms in total. The zero-order valence-corrected chi connectivity index (χ0v) is 12.0. The second-order valence-electron chi connectivity index (χ2n) is 4.74. The van der Waals surface area contributed by atoms with Gasteiger partial charge in [0.1, 0.15) is 0 Å². The highest BCUT2D eigenvalue weighted by molar-refractivity contribution is 5.97. The van der Waals surface area contributed by atoms with Crippen molar-refractivity contribution in [3.63, 3.8) is 0 Å². The van der Waals surface area contributed by atoms with Crippen molar-refractivity contribution in [3.05, 3.63) is 34.9 Å². The molecule has 0 fully saturated rings. The van der Waals surface area contributed by atoms with Gasteiger partial charge in [-0.1, -0.05) is 6.92 Å². The van der Waals surface area contributed by atoms with Crippen LogP contribution in [0.3, 0.4) is 0 Å². The number of carbonyl (C=O) groups excluding carboxylic acids is 1. The fraction of sp³-hybridized carbons (Fsp3) is 0.500. The molecule has 0 aliphatic rings. The van der Waals surface area contributed by atoms with Crippen LogP contribution in [-0.2, 0) is 20.0 Å². The molecule has 0 bridgehead atoms. The van der Waals surface area contributed by atoms with E-state index in [-0.39, 0.29) is 5.78 Å². The number of aromatic nitrogens is 4. The van der Waals surface area contributed by atoms with E-state index in [1.807, 2.05) is 43.2 Å². The van der Waals surface area contributed by atoms with E-state index >= 15 is 0 Å². The van der Waals surface area contributed by atoms with Crippen LogP contribution in [0.5, 0.6) is 0 Å². The molecule has 0 saturated heterocycles. The van der Waals surface area contributed by atoms with Crippen LogP contribution in [-0.4, -0.2) is 25.3 Å². The van der Waals surface area contributed by atoms with Crippen molar-refractivity contribution in [1.82, 2.24) is 19.6 Å². The van der Waals surface area contributed by atoms with Gasteiger partial charge in [-0.15, -0.1) is 0 Å². The van der Waals surface area contributed by atoms with E-state index in [0.717, 1.165) is 35.6 Å². The lowest BCUT2D eigenvalue weighted by Crippen LogP contribution is -2.09. The summed E-state index contributed by atoms with van der Waals surface area (Å²) in [4.78, 5) is 11.9. The van der Waals surface area contributed by atoms with Gasteiger partial charge in [-0.2, -0.15) is 10.2 Å². The second kappa shape index (κ2) is 5.38. The summed E-state index contributed by atoms with van der Waals surface area (Å²) in [5, 5.41) is 8.62. The monoisotopic (exact) mass is 260 g/mol. The summed E-state index contributed by atoms with van der Waals surface area (Å²) in [6, 6.07) is 2.00. The first kappa shape index (κ1) is 13.5. The van der Waals surface area contributed by atoms with E-state index in [9.17, 15) is 4.79 Å². The Balaban J connectivity index is 2.18. The zero-order valence-electron chi connectivity index (χ0n) is 12.0. The molecular formula is C14H20N4O. The van der Waals surface area contributed by atoms with Gasteiger partial charge in [-0.05, 0) is 19.9 Å². The molecule has 0 aromatic carbocycles. The van der Waals surface area contributed by atoms with Gasteiger partial charge in [0.2, 0.25) is 0 Å². The summed E-state index contributed by atoms with van der Waals surface area (Å²) in [5.41, 5.74) is 3.74. The minimum Gasteiger partial charge on any atom is -0.294 e. The summed E-state index contributed by atoms with van der Waals surface area (Å²) >= 11 is 0. The average Bonchev–Trinajstić information content (AvgIpc) is 2.90. The quantitative estimate of drug-likeness (QED) is 0.773. The molecule has 2 rings (SSSR count). The number of nitrogens with zero attached hydrogens (tertiary/aromatic N) is 4. The van der Waals surface area contributed by atoms with Crippen LogP contribution >= 0.6 is 0 Å². The van der Waals surface area contributed by atoms with E-state index in [1.165, 1.54) is 0 Å². The zero-order chi connectivity index (χ0) is 14.0. The Bertz CT molecular complexity index is 595. The first-order valence-electron chi connectivity index (χ1n) is 6.58. The molecule has 0 spiro atoms. The largest absolute Gasteiger partial charge is 0.294 e. The van der Waals surface area contributed by atoms with Crippen LogP contribution in [0, 0.1) is 13.8 Å². The smallest absolute Gasteiger partial charge is 0.166 e. The van der Waals surface area contributed by atoms with E-state index in [0.29, 0.717) is 6.42 Å². The second-order valence-corrected chi connectivity index (χ2v) is 4.74. The lowest BCUT2D eigenvalue weighted by Gasteiger charge is -2.05. The van der Waals surface area contributed by atoms with Crippen molar-refractivity contribution >= 4 is 5.78 Å². The Morgan fingerprint density at radius 2 is 2.11 bits per heavy atom. The maximum Gasteiger partial charge on any atom is 0.166 e. The van der Waals surface area contributed by atoms with Crippen molar-refractivity contribution in [1.29, 1.82) is 0 Å². The van der Waals surface area contributed by atoms with E-state index in [1.54, 1.807) is 6.20 Å². The van der Waals surface area contributed by atoms with Crippen LogP contribution in [0.2, 0.25) is 0 Å². The molecule has 2 aromatic rings. The third kappa shape index (κ3) is 2.59. The van der Waals surface area contributed by atoms with Gasteiger partial charge in [0.25, 0.3) is 0 Å². The van der Waals surface area contributed by atoms with Crippen LogP contribution < -0.4 is 0 Å². The summed E-state index contributed by atoms with van der Waals surface area (Å²) in [6.45, 7) is 6.51. The number of carbonyl (C=O) groups is 1. The molecule has 0 N–H and O–H groups in total. The van der Waals surface area contributed by atoms with Crippen molar-refractivity contribution < 1.29 is 4.79 Å². The molecule has 2 heterocycles. The highest BCUT2D eigenvalue weighted by Gasteiger charge is 2.16. The third-order valence-electron chi connectivity index (χ3n) is 3.48. The standard InChI is InChI=1S/C14H20N4O/c1-5-13(19)14-10(2)16-18(11(14)3)9-7-12-6-8-15-17(12)4/h6,8H,5,7,9H2,1-4H3. The van der Waals surface area contributed by atoms with Gasteiger partial charge in [-0.25, -0.2) is 0 Å². The van der Waals surface area contributed by atoms with Gasteiger partial charge < -0.3 is 0 Å². The van der Waals surface area contributed by atoms with Gasteiger partial charge in [0, 0.05) is 44.0 Å². The van der Waals surface area contributed by atoms with E-state index < -0.39 is 0 Å². The highest BCUT2D eigenvalue weighted by atomic mass is 16.1. The number of Topliss-reactive ketones (excluding diaryl/α,β-unsaturated/α-hetero) is 1. The molecule has 0 radical (unpaired) electrons. The Hall–Kier alpha value is -1.91. The van der Waals surface area contributed by atoms with Gasteiger partial charge >= 0.3 is 0 Å². The molecule has 2 aromatic heterocycles. The maximum atomic E-state index is 11.9. The minimum atomic E-state index is 0.168. The predicted molar refractivity (Wildman–Crippen MR) is 73.2 cm³/mol. The Morgan fingerprint density at radius 1 is 1.37 bits per heavy atom. The SMILES string of the molecule is CCC(=O)c1c(C)nn(CCc2ccnn2C)c1C. The average molecular weight is 260 g/mol. The summed E-state index contributed by atoms with van der Waals surface area (Å²) in [6.07, 6.45) is 3.18. The molecule has 0 aliphatic heterocycles. The molecule has 0 amide bonds. The number of rotatable bonds is 5. The van der Waals surface area contributed by atoms with Gasteiger partial charge in [0.15, 0.2) is 5.78 Å². The summed E-state index contributed by atoms with van der Waals surface area (Å²) < 4.78 is 3.79. The number of hydrogen-bond donors (Lipinski definition) is 0. The van der Waals surface area contributed by atoms with Crippen LogP contribution in [0.1, 0.15) is 40.8 Å². The molecule has 5 heteroatoms. The summed E-state index contributed by atoms with van der Waals surface area (Å²) in [7, 11) is 1.93. The third-order valence-corrected chi connectivity index (χ3v) is 3.48. The molecule has 0 atom stereocenters. The molecular weight excluding hydrogens is 240 g/mol. The number of hydrogen-bond acceptors (Lipinski definition) is 3. The Labute approximate surface area is 113 Å². The lowest BCUT2D eigenvalue weighted by atomic mass is 10.1. The summed E-state index contributed by atoms with van der Waals surface area (Å²) in [5.74, 6) is 0.168. The molecule has 19 heavy (non-hydrogen) atoms. The van der Waals surface area contributed by atoms with Crippen molar-refractivity contribution in [2.24, 2.45) is 7.05 Å². The number of aryl methyl sites for hydroxylation is 4. The van der Waals surface area contributed by atoms with Crippen LogP contribution in [0.4, 0.5) is 0 Å². The van der Waals surface area contributed by atoms with E-state index in [2.05, 4.69) is 10.2 Å². The normalized spacial score (nSPS) is 10.9. The molecule has 0 aliphatic carbocycles. The first-order valence-corrected chi connectivity index (χ1v) is 6.58. The van der Waals surface area contributed by atoms with Crippen molar-refractivity contribution in [2.45, 2.75) is 40.2 Å². The Morgan fingerprint density at radius 3 is 2.68 bits per heavy atom. The molecule has 102 valence electrons. The minimum absolute atomic E-state index is 0.168. The maximum absolute atomic E-state index is 11.9. The topological polar surface area (TPSA) is 52.7 Å². The molecule has 0 unspecified atom stereocenters.